The van der Waals surface area contributed by atoms with E-state index < -0.39 is 5.82 Å². The SMILES string of the molecule is C=C1CN(c2nc(C(N)=CC(CC)=NCc3ccccc3F)ncc2F)CCN1. The summed E-state index contributed by atoms with van der Waals surface area (Å²) in [6.07, 6.45) is 3.36. The van der Waals surface area contributed by atoms with Crippen LogP contribution in [0.25, 0.3) is 5.70 Å². The highest BCUT2D eigenvalue weighted by Gasteiger charge is 2.19. The maximum atomic E-state index is 14.3. The van der Waals surface area contributed by atoms with Gasteiger partial charge in [0.1, 0.15) is 5.82 Å². The summed E-state index contributed by atoms with van der Waals surface area (Å²) >= 11 is 0. The Balaban J connectivity index is 1.82. The minimum absolute atomic E-state index is 0.190. The van der Waals surface area contributed by atoms with Crippen LogP contribution >= 0.6 is 0 Å². The fraction of sp³-hybridized carbons (Fsp3) is 0.286. The van der Waals surface area contributed by atoms with Crippen molar-refractivity contribution in [2.45, 2.75) is 19.9 Å². The number of benzene rings is 1. The summed E-state index contributed by atoms with van der Waals surface area (Å²) in [5.74, 6) is -0.402. The highest BCUT2D eigenvalue weighted by molar-refractivity contribution is 5.99. The number of piperazine rings is 1. The van der Waals surface area contributed by atoms with Crippen molar-refractivity contribution in [1.82, 2.24) is 15.3 Å². The molecule has 2 aromatic rings. The third kappa shape index (κ3) is 5.16. The van der Waals surface area contributed by atoms with Gasteiger partial charge < -0.3 is 16.0 Å². The van der Waals surface area contributed by atoms with Gasteiger partial charge in [0.15, 0.2) is 17.5 Å². The van der Waals surface area contributed by atoms with E-state index in [2.05, 4.69) is 26.9 Å². The van der Waals surface area contributed by atoms with Crippen LogP contribution in [0.2, 0.25) is 0 Å². The van der Waals surface area contributed by atoms with Gasteiger partial charge in [-0.25, -0.2) is 18.7 Å². The molecule has 0 radical (unpaired) electrons. The van der Waals surface area contributed by atoms with Crippen LogP contribution in [0, 0.1) is 11.6 Å². The first-order valence-electron chi connectivity index (χ1n) is 9.41. The van der Waals surface area contributed by atoms with Gasteiger partial charge >= 0.3 is 0 Å². The molecule has 8 heteroatoms. The Labute approximate surface area is 168 Å². The number of hydrogen-bond acceptors (Lipinski definition) is 6. The summed E-state index contributed by atoms with van der Waals surface area (Å²) in [5.41, 5.74) is 8.41. The highest BCUT2D eigenvalue weighted by Crippen LogP contribution is 2.19. The van der Waals surface area contributed by atoms with E-state index in [1.807, 2.05) is 6.92 Å². The zero-order chi connectivity index (χ0) is 20.8. The van der Waals surface area contributed by atoms with Crippen LogP contribution in [-0.2, 0) is 6.54 Å². The Morgan fingerprint density at radius 1 is 1.34 bits per heavy atom. The molecule has 0 aliphatic carbocycles. The lowest BCUT2D eigenvalue weighted by molar-refractivity contribution is 0.585. The smallest absolute Gasteiger partial charge is 0.183 e. The molecule has 2 heterocycles. The molecule has 1 saturated heterocycles. The Morgan fingerprint density at radius 3 is 2.86 bits per heavy atom. The summed E-state index contributed by atoms with van der Waals surface area (Å²) in [6, 6.07) is 6.50. The van der Waals surface area contributed by atoms with Gasteiger partial charge in [-0.3, -0.25) is 4.99 Å². The number of nitrogens with two attached hydrogens (primary N) is 1. The fourth-order valence-corrected chi connectivity index (χ4v) is 2.95. The molecule has 1 aromatic carbocycles. The predicted octanol–water partition coefficient (Wildman–Crippen LogP) is 3.03. The van der Waals surface area contributed by atoms with E-state index in [-0.39, 0.29) is 29.7 Å². The van der Waals surface area contributed by atoms with Gasteiger partial charge in [-0.05, 0) is 18.6 Å². The van der Waals surface area contributed by atoms with Gasteiger partial charge in [0.05, 0.1) is 25.0 Å². The number of hydrogen-bond donors (Lipinski definition) is 2. The van der Waals surface area contributed by atoms with Gasteiger partial charge in [0.2, 0.25) is 0 Å². The van der Waals surface area contributed by atoms with Crippen molar-refractivity contribution in [2.75, 3.05) is 24.5 Å². The van der Waals surface area contributed by atoms with Crippen LogP contribution in [-0.4, -0.2) is 35.3 Å². The molecule has 1 fully saturated rings. The monoisotopic (exact) mass is 398 g/mol. The summed E-state index contributed by atoms with van der Waals surface area (Å²) in [6.45, 7) is 7.73. The van der Waals surface area contributed by atoms with E-state index in [0.717, 1.165) is 11.9 Å². The van der Waals surface area contributed by atoms with E-state index in [1.54, 1.807) is 29.2 Å². The summed E-state index contributed by atoms with van der Waals surface area (Å²) < 4.78 is 28.1. The maximum absolute atomic E-state index is 14.3. The Hall–Kier alpha value is -3.29. The molecule has 0 unspecified atom stereocenters. The summed E-state index contributed by atoms with van der Waals surface area (Å²) in [7, 11) is 0. The average molecular weight is 398 g/mol. The Morgan fingerprint density at radius 2 is 2.14 bits per heavy atom. The summed E-state index contributed by atoms with van der Waals surface area (Å²) in [5, 5.41) is 3.12. The molecule has 0 saturated carbocycles. The molecule has 0 atom stereocenters. The van der Waals surface area contributed by atoms with Crippen molar-refractivity contribution < 1.29 is 8.78 Å². The Kier molecular flexibility index (Phi) is 6.54. The predicted molar refractivity (Wildman–Crippen MR) is 111 cm³/mol. The molecule has 0 amide bonds. The van der Waals surface area contributed by atoms with Gasteiger partial charge in [-0.15, -0.1) is 0 Å². The lowest BCUT2D eigenvalue weighted by Gasteiger charge is -2.30. The summed E-state index contributed by atoms with van der Waals surface area (Å²) in [4.78, 5) is 14.6. The minimum Gasteiger partial charge on any atom is -0.396 e. The van der Waals surface area contributed by atoms with Crippen molar-refractivity contribution in [1.29, 1.82) is 0 Å². The zero-order valence-electron chi connectivity index (χ0n) is 16.3. The molecule has 6 nitrogen and oxygen atoms in total. The van der Waals surface area contributed by atoms with Crippen molar-refractivity contribution in [3.8, 4) is 0 Å². The van der Waals surface area contributed by atoms with Crippen LogP contribution < -0.4 is 16.0 Å². The normalized spacial score (nSPS) is 15.4. The molecule has 29 heavy (non-hydrogen) atoms. The van der Waals surface area contributed by atoms with Crippen LogP contribution in [0.1, 0.15) is 24.7 Å². The molecule has 1 aliphatic rings. The second kappa shape index (κ2) is 9.27. The van der Waals surface area contributed by atoms with E-state index in [4.69, 9.17) is 5.73 Å². The Bertz CT molecular complexity index is 954. The van der Waals surface area contributed by atoms with Crippen LogP contribution in [0.4, 0.5) is 14.6 Å². The molecule has 3 N–H and O–H groups in total. The maximum Gasteiger partial charge on any atom is 0.183 e. The molecule has 1 aliphatic heterocycles. The molecule has 1 aromatic heterocycles. The number of nitrogens with one attached hydrogen (secondary N) is 1. The fourth-order valence-electron chi connectivity index (χ4n) is 2.95. The van der Waals surface area contributed by atoms with Crippen LogP contribution in [0.15, 0.2) is 53.8 Å². The van der Waals surface area contributed by atoms with Crippen LogP contribution in [0.5, 0.6) is 0 Å². The number of aromatic nitrogens is 2. The van der Waals surface area contributed by atoms with E-state index in [1.165, 1.54) is 6.07 Å². The number of aliphatic imine (C=N–C) groups is 1. The molecular weight excluding hydrogens is 374 g/mol. The second-order valence-corrected chi connectivity index (χ2v) is 6.67. The molecule has 3 rings (SSSR count). The lowest BCUT2D eigenvalue weighted by atomic mass is 10.2. The quantitative estimate of drug-likeness (QED) is 0.732. The van der Waals surface area contributed by atoms with E-state index in [9.17, 15) is 8.78 Å². The zero-order valence-corrected chi connectivity index (χ0v) is 16.3. The van der Waals surface area contributed by atoms with Crippen molar-refractivity contribution in [3.63, 3.8) is 0 Å². The lowest BCUT2D eigenvalue weighted by Crippen LogP contribution is -2.42. The first-order valence-corrected chi connectivity index (χ1v) is 9.41. The van der Waals surface area contributed by atoms with Crippen molar-refractivity contribution >= 4 is 17.2 Å². The van der Waals surface area contributed by atoms with Crippen molar-refractivity contribution in [2.24, 2.45) is 10.7 Å². The highest BCUT2D eigenvalue weighted by atomic mass is 19.1. The number of rotatable bonds is 6. The van der Waals surface area contributed by atoms with Gasteiger partial charge in [-0.2, -0.15) is 0 Å². The molecule has 152 valence electrons. The molecule has 0 spiro atoms. The van der Waals surface area contributed by atoms with Gasteiger partial charge in [0, 0.05) is 30.1 Å². The minimum atomic E-state index is -0.514. The third-order valence-electron chi connectivity index (χ3n) is 4.52. The number of halogens is 2. The standard InChI is InChI=1S/C21H24F2N6/c1-3-16(26-11-15-6-4-5-7-17(15)22)10-19(24)20-27-12-18(23)21(28-20)29-9-8-25-14(2)13-29/h4-7,10,12,25H,2-3,8-9,11,13,24H2,1H3. The number of allylic oxidation sites excluding steroid dienone is 1. The van der Waals surface area contributed by atoms with Crippen molar-refractivity contribution in [3.05, 3.63) is 71.8 Å². The topological polar surface area (TPSA) is 79.4 Å². The number of nitrogens with zero attached hydrogens (tertiary/aromatic N) is 4. The van der Waals surface area contributed by atoms with E-state index >= 15 is 0 Å². The third-order valence-corrected chi connectivity index (χ3v) is 4.52. The molecular formula is C21H24F2N6. The van der Waals surface area contributed by atoms with E-state index in [0.29, 0.717) is 37.3 Å². The number of anilines is 1. The molecule has 0 bridgehead atoms. The van der Waals surface area contributed by atoms with Gasteiger partial charge in [-0.1, -0.05) is 31.7 Å². The largest absolute Gasteiger partial charge is 0.396 e. The average Bonchev–Trinajstić information content (AvgIpc) is 2.72. The van der Waals surface area contributed by atoms with Crippen LogP contribution in [0.3, 0.4) is 0 Å². The van der Waals surface area contributed by atoms with Gasteiger partial charge in [0.25, 0.3) is 0 Å². The second-order valence-electron chi connectivity index (χ2n) is 6.67. The first-order chi connectivity index (χ1) is 14.0. The first kappa shape index (κ1) is 20.4.